The number of aromatic nitrogens is 2. The van der Waals surface area contributed by atoms with E-state index in [1.54, 1.807) is 44.6 Å². The summed E-state index contributed by atoms with van der Waals surface area (Å²) >= 11 is 0. The van der Waals surface area contributed by atoms with E-state index < -0.39 is 10.9 Å². The van der Waals surface area contributed by atoms with E-state index in [9.17, 15) is 14.9 Å². The number of hydrogen-bond donors (Lipinski definition) is 0. The minimum absolute atomic E-state index is 0.0307. The Bertz CT molecular complexity index is 979. The summed E-state index contributed by atoms with van der Waals surface area (Å²) in [6.07, 6.45) is 1.56. The number of aryl methyl sites for hydroxylation is 1. The lowest BCUT2D eigenvalue weighted by atomic mass is 10.1. The molecule has 0 saturated carbocycles. The van der Waals surface area contributed by atoms with Gasteiger partial charge in [0.2, 0.25) is 0 Å². The predicted molar refractivity (Wildman–Crippen MR) is 97.4 cm³/mol. The SMILES string of the molecule is COc1cccc(COC(=O)c2cn(C)nc2-c2ccc([N+](=O)[O-])cc2)c1. The summed E-state index contributed by atoms with van der Waals surface area (Å²) in [6, 6.07) is 13.1. The normalized spacial score (nSPS) is 10.4. The van der Waals surface area contributed by atoms with Gasteiger partial charge in [-0.15, -0.1) is 0 Å². The van der Waals surface area contributed by atoms with E-state index in [2.05, 4.69) is 5.10 Å². The molecule has 0 spiro atoms. The lowest BCUT2D eigenvalue weighted by molar-refractivity contribution is -0.384. The number of esters is 1. The second kappa shape index (κ2) is 7.69. The summed E-state index contributed by atoms with van der Waals surface area (Å²) in [5, 5.41) is 15.1. The van der Waals surface area contributed by atoms with Crippen molar-refractivity contribution >= 4 is 11.7 Å². The minimum Gasteiger partial charge on any atom is -0.497 e. The van der Waals surface area contributed by atoms with Crippen molar-refractivity contribution in [1.29, 1.82) is 0 Å². The summed E-state index contributed by atoms with van der Waals surface area (Å²) in [7, 11) is 3.25. The number of nitro groups is 1. The van der Waals surface area contributed by atoms with Crippen LogP contribution in [-0.4, -0.2) is 27.8 Å². The van der Waals surface area contributed by atoms with Gasteiger partial charge in [0.25, 0.3) is 5.69 Å². The van der Waals surface area contributed by atoms with Crippen LogP contribution in [0.2, 0.25) is 0 Å². The zero-order chi connectivity index (χ0) is 19.4. The topological polar surface area (TPSA) is 96.5 Å². The molecule has 0 unspecified atom stereocenters. The Morgan fingerprint density at radius 1 is 1.22 bits per heavy atom. The highest BCUT2D eigenvalue weighted by atomic mass is 16.6. The van der Waals surface area contributed by atoms with Gasteiger partial charge in [-0.05, 0) is 29.8 Å². The fourth-order valence-corrected chi connectivity index (χ4v) is 2.58. The van der Waals surface area contributed by atoms with Crippen molar-refractivity contribution in [2.75, 3.05) is 7.11 Å². The second-order valence-corrected chi connectivity index (χ2v) is 5.80. The van der Waals surface area contributed by atoms with Crippen molar-refractivity contribution in [3.05, 3.63) is 76.0 Å². The molecule has 1 heterocycles. The minimum atomic E-state index is -0.528. The summed E-state index contributed by atoms with van der Waals surface area (Å²) in [5.41, 5.74) is 2.05. The molecular formula is C19H17N3O5. The fourth-order valence-electron chi connectivity index (χ4n) is 2.58. The molecule has 0 fully saturated rings. The summed E-state index contributed by atoms with van der Waals surface area (Å²) in [4.78, 5) is 22.9. The van der Waals surface area contributed by atoms with Crippen molar-refractivity contribution in [1.82, 2.24) is 9.78 Å². The lowest BCUT2D eigenvalue weighted by Gasteiger charge is -2.07. The second-order valence-electron chi connectivity index (χ2n) is 5.80. The Kier molecular flexibility index (Phi) is 5.16. The maximum atomic E-state index is 12.5. The Hall–Kier alpha value is -3.68. The Labute approximate surface area is 155 Å². The van der Waals surface area contributed by atoms with Gasteiger partial charge in [0.1, 0.15) is 23.6 Å². The monoisotopic (exact) mass is 367 g/mol. The van der Waals surface area contributed by atoms with Gasteiger partial charge in [0.05, 0.1) is 12.0 Å². The molecule has 8 heteroatoms. The van der Waals surface area contributed by atoms with Crippen LogP contribution >= 0.6 is 0 Å². The quantitative estimate of drug-likeness (QED) is 0.376. The maximum absolute atomic E-state index is 12.5. The Morgan fingerprint density at radius 2 is 1.96 bits per heavy atom. The zero-order valence-electron chi connectivity index (χ0n) is 14.8. The molecule has 0 aliphatic heterocycles. The van der Waals surface area contributed by atoms with Crippen molar-refractivity contribution in [2.24, 2.45) is 7.05 Å². The maximum Gasteiger partial charge on any atom is 0.342 e. The van der Waals surface area contributed by atoms with Gasteiger partial charge < -0.3 is 9.47 Å². The molecule has 0 aliphatic carbocycles. The van der Waals surface area contributed by atoms with Crippen LogP contribution in [0.1, 0.15) is 15.9 Å². The molecule has 1 aromatic heterocycles. The van der Waals surface area contributed by atoms with Crippen LogP contribution in [0.5, 0.6) is 5.75 Å². The molecule has 0 bridgehead atoms. The van der Waals surface area contributed by atoms with Crippen LogP contribution in [0.3, 0.4) is 0 Å². The van der Waals surface area contributed by atoms with E-state index in [1.165, 1.54) is 16.8 Å². The van der Waals surface area contributed by atoms with Crippen molar-refractivity contribution in [2.45, 2.75) is 6.61 Å². The van der Waals surface area contributed by atoms with Crippen molar-refractivity contribution < 1.29 is 19.2 Å². The first-order valence-electron chi connectivity index (χ1n) is 8.06. The number of methoxy groups -OCH3 is 1. The molecule has 0 N–H and O–H groups in total. The molecule has 0 atom stereocenters. The highest BCUT2D eigenvalue weighted by Crippen LogP contribution is 2.25. The molecule has 0 aliphatic rings. The third-order valence-corrected chi connectivity index (χ3v) is 3.90. The number of nitrogens with zero attached hydrogens (tertiary/aromatic N) is 3. The predicted octanol–water partition coefficient (Wildman–Crippen LogP) is 3.36. The van der Waals surface area contributed by atoms with Crippen LogP contribution in [0, 0.1) is 10.1 Å². The summed E-state index contributed by atoms with van der Waals surface area (Å²) < 4.78 is 12.0. The van der Waals surface area contributed by atoms with E-state index in [-0.39, 0.29) is 17.9 Å². The van der Waals surface area contributed by atoms with Crippen LogP contribution < -0.4 is 4.74 Å². The first-order valence-corrected chi connectivity index (χ1v) is 8.06. The zero-order valence-corrected chi connectivity index (χ0v) is 14.8. The van der Waals surface area contributed by atoms with E-state index in [0.717, 1.165) is 5.56 Å². The molecule has 2 aromatic carbocycles. The summed E-state index contributed by atoms with van der Waals surface area (Å²) in [6.45, 7) is 0.0879. The Balaban J connectivity index is 1.80. The molecule has 8 nitrogen and oxygen atoms in total. The van der Waals surface area contributed by atoms with Crippen LogP contribution in [0.15, 0.2) is 54.7 Å². The molecule has 0 radical (unpaired) electrons. The highest BCUT2D eigenvalue weighted by molar-refractivity contribution is 5.96. The largest absolute Gasteiger partial charge is 0.497 e. The molecule has 0 saturated heterocycles. The highest BCUT2D eigenvalue weighted by Gasteiger charge is 2.19. The number of carbonyl (C=O) groups excluding carboxylic acids is 1. The van der Waals surface area contributed by atoms with E-state index in [0.29, 0.717) is 17.0 Å². The number of hydrogen-bond acceptors (Lipinski definition) is 6. The number of rotatable bonds is 6. The number of nitro benzene ring substituents is 1. The van der Waals surface area contributed by atoms with Gasteiger partial charge in [-0.1, -0.05) is 12.1 Å². The van der Waals surface area contributed by atoms with Gasteiger partial charge in [-0.25, -0.2) is 4.79 Å². The van der Waals surface area contributed by atoms with E-state index >= 15 is 0 Å². The van der Waals surface area contributed by atoms with Gasteiger partial charge in [-0.2, -0.15) is 5.10 Å². The molecule has 3 aromatic rings. The number of non-ortho nitro benzene ring substituents is 1. The first kappa shape index (κ1) is 18.1. The third-order valence-electron chi connectivity index (χ3n) is 3.90. The Morgan fingerprint density at radius 3 is 2.63 bits per heavy atom. The molecular weight excluding hydrogens is 350 g/mol. The standard InChI is InChI=1S/C19H17N3O5/c1-21-11-17(18(20-21)14-6-8-15(9-7-14)22(24)25)19(23)27-12-13-4-3-5-16(10-13)26-2/h3-11H,12H2,1-2H3. The van der Waals surface area contributed by atoms with Crippen molar-refractivity contribution in [3.8, 4) is 17.0 Å². The number of benzene rings is 2. The van der Waals surface area contributed by atoms with Gasteiger partial charge in [-0.3, -0.25) is 14.8 Å². The van der Waals surface area contributed by atoms with Crippen LogP contribution in [-0.2, 0) is 18.4 Å². The first-order chi connectivity index (χ1) is 13.0. The smallest absolute Gasteiger partial charge is 0.342 e. The molecule has 3 rings (SSSR count). The number of ether oxygens (including phenoxy) is 2. The fraction of sp³-hybridized carbons (Fsp3) is 0.158. The molecule has 138 valence electrons. The van der Waals surface area contributed by atoms with Gasteiger partial charge >= 0.3 is 5.97 Å². The van der Waals surface area contributed by atoms with E-state index in [1.807, 2.05) is 12.1 Å². The average Bonchev–Trinajstić information content (AvgIpc) is 3.08. The van der Waals surface area contributed by atoms with Crippen LogP contribution in [0.25, 0.3) is 11.3 Å². The van der Waals surface area contributed by atoms with Crippen LogP contribution in [0.4, 0.5) is 5.69 Å². The summed E-state index contributed by atoms with van der Waals surface area (Å²) in [5.74, 6) is 0.149. The van der Waals surface area contributed by atoms with Gasteiger partial charge in [0.15, 0.2) is 0 Å². The lowest BCUT2D eigenvalue weighted by Crippen LogP contribution is -2.06. The van der Waals surface area contributed by atoms with E-state index in [4.69, 9.17) is 9.47 Å². The average molecular weight is 367 g/mol. The molecule has 0 amide bonds. The third kappa shape index (κ3) is 4.12. The van der Waals surface area contributed by atoms with Crippen molar-refractivity contribution in [3.63, 3.8) is 0 Å². The number of carbonyl (C=O) groups is 1. The van der Waals surface area contributed by atoms with Gasteiger partial charge in [0, 0.05) is 30.9 Å². The molecule has 27 heavy (non-hydrogen) atoms.